The van der Waals surface area contributed by atoms with E-state index in [-0.39, 0.29) is 35.7 Å². The van der Waals surface area contributed by atoms with Crippen molar-refractivity contribution in [1.82, 2.24) is 14.1 Å². The van der Waals surface area contributed by atoms with E-state index in [1.807, 2.05) is 24.3 Å². The molecule has 6 nitrogen and oxygen atoms in total. The monoisotopic (exact) mass is 480 g/mol. The molecule has 32 heavy (non-hydrogen) atoms. The molecule has 9 heteroatoms. The average molecular weight is 481 g/mol. The zero-order valence-electron chi connectivity index (χ0n) is 18.4. The highest BCUT2D eigenvalue weighted by Crippen LogP contribution is 2.31. The van der Waals surface area contributed by atoms with Crippen LogP contribution in [-0.2, 0) is 16.4 Å². The molecular weight excluding hydrogens is 451 g/mol. The van der Waals surface area contributed by atoms with Gasteiger partial charge >= 0.3 is 0 Å². The molecular formula is C23H30ClFN4O2S. The van der Waals surface area contributed by atoms with Crippen LogP contribution >= 0.6 is 11.6 Å². The van der Waals surface area contributed by atoms with Crippen molar-refractivity contribution in [2.45, 2.75) is 49.5 Å². The van der Waals surface area contributed by atoms with Gasteiger partial charge in [0.1, 0.15) is 5.82 Å². The van der Waals surface area contributed by atoms with Crippen LogP contribution in [0.4, 0.5) is 4.39 Å². The van der Waals surface area contributed by atoms with E-state index in [9.17, 15) is 12.8 Å². The Morgan fingerprint density at radius 2 is 1.81 bits per heavy atom. The number of benzene rings is 2. The van der Waals surface area contributed by atoms with Gasteiger partial charge in [-0.15, -0.1) is 0 Å². The molecule has 3 unspecified atom stereocenters. The van der Waals surface area contributed by atoms with Crippen molar-refractivity contribution >= 4 is 21.6 Å². The predicted molar refractivity (Wildman–Crippen MR) is 124 cm³/mol. The second-order valence-corrected chi connectivity index (χ2v) is 11.3. The zero-order valence-corrected chi connectivity index (χ0v) is 19.9. The van der Waals surface area contributed by atoms with Gasteiger partial charge in [0.15, 0.2) is 0 Å². The Labute approximate surface area is 194 Å². The summed E-state index contributed by atoms with van der Waals surface area (Å²) in [5.74, 6) is -0.572. The van der Waals surface area contributed by atoms with Gasteiger partial charge in [-0.3, -0.25) is 9.80 Å². The van der Waals surface area contributed by atoms with Crippen molar-refractivity contribution in [2.75, 3.05) is 26.2 Å². The summed E-state index contributed by atoms with van der Waals surface area (Å²) < 4.78 is 42.4. The molecule has 0 radical (unpaired) electrons. The molecule has 0 aromatic heterocycles. The summed E-state index contributed by atoms with van der Waals surface area (Å²) >= 11 is 6.05. The topological polar surface area (TPSA) is 69.9 Å². The van der Waals surface area contributed by atoms with Crippen LogP contribution in [0.1, 0.15) is 19.4 Å². The summed E-state index contributed by atoms with van der Waals surface area (Å²) in [6, 6.07) is 13.0. The van der Waals surface area contributed by atoms with Crippen molar-refractivity contribution in [3.63, 3.8) is 0 Å². The quantitative estimate of drug-likeness (QED) is 0.712. The maximum absolute atomic E-state index is 13.8. The molecule has 2 aliphatic heterocycles. The van der Waals surface area contributed by atoms with Gasteiger partial charge in [0.2, 0.25) is 10.0 Å². The minimum Gasteiger partial charge on any atom is -0.325 e. The van der Waals surface area contributed by atoms with E-state index in [0.717, 1.165) is 24.6 Å². The smallest absolute Gasteiger partial charge is 0.244 e. The SMILES string of the molecule is CC(C)N1CC(Cc2ccc(Cl)cc2)N2CC(N)CN(S(=O)(=O)c3cccc(F)c3)C2C1. The minimum atomic E-state index is -3.91. The first-order valence-electron chi connectivity index (χ1n) is 10.9. The zero-order chi connectivity index (χ0) is 23.0. The normalized spacial score (nSPS) is 25.8. The Bertz CT molecular complexity index is 1050. The molecule has 2 saturated heterocycles. The molecule has 2 aliphatic rings. The maximum Gasteiger partial charge on any atom is 0.244 e. The van der Waals surface area contributed by atoms with Crippen molar-refractivity contribution in [3.05, 3.63) is 64.9 Å². The maximum atomic E-state index is 13.8. The van der Waals surface area contributed by atoms with Gasteiger partial charge in [-0.2, -0.15) is 4.31 Å². The first-order valence-corrected chi connectivity index (χ1v) is 12.7. The van der Waals surface area contributed by atoms with Crippen LogP contribution in [0, 0.1) is 5.82 Å². The van der Waals surface area contributed by atoms with E-state index >= 15 is 0 Å². The first-order chi connectivity index (χ1) is 15.1. The molecule has 2 heterocycles. The Kier molecular flexibility index (Phi) is 6.91. The molecule has 0 spiro atoms. The highest BCUT2D eigenvalue weighted by atomic mass is 35.5. The summed E-state index contributed by atoms with van der Waals surface area (Å²) in [6.45, 7) is 6.46. The predicted octanol–water partition coefficient (Wildman–Crippen LogP) is 2.77. The molecule has 2 N–H and O–H groups in total. The third-order valence-electron chi connectivity index (χ3n) is 6.40. The lowest BCUT2D eigenvalue weighted by molar-refractivity contribution is -0.0617. The van der Waals surface area contributed by atoms with Gasteiger partial charge in [-0.1, -0.05) is 29.8 Å². The van der Waals surface area contributed by atoms with E-state index in [4.69, 9.17) is 17.3 Å². The first kappa shape index (κ1) is 23.6. The third kappa shape index (κ3) is 4.85. The molecule has 2 aromatic rings. The van der Waals surface area contributed by atoms with Crippen LogP contribution in [0.15, 0.2) is 53.4 Å². The van der Waals surface area contributed by atoms with Crippen molar-refractivity contribution in [1.29, 1.82) is 0 Å². The fraction of sp³-hybridized carbons (Fsp3) is 0.478. The lowest BCUT2D eigenvalue weighted by Gasteiger charge is -2.54. The molecule has 2 aromatic carbocycles. The average Bonchev–Trinajstić information content (AvgIpc) is 2.75. The van der Waals surface area contributed by atoms with Crippen molar-refractivity contribution in [2.24, 2.45) is 5.73 Å². The highest BCUT2D eigenvalue weighted by Gasteiger charge is 2.46. The van der Waals surface area contributed by atoms with Crippen LogP contribution < -0.4 is 5.73 Å². The summed E-state index contributed by atoms with van der Waals surface area (Å²) in [4.78, 5) is 4.49. The van der Waals surface area contributed by atoms with Crippen molar-refractivity contribution < 1.29 is 12.8 Å². The molecule has 0 saturated carbocycles. The Hall–Kier alpha value is -1.55. The van der Waals surface area contributed by atoms with Gasteiger partial charge in [0.25, 0.3) is 0 Å². The number of hydrogen-bond acceptors (Lipinski definition) is 5. The van der Waals surface area contributed by atoms with E-state index in [0.29, 0.717) is 18.1 Å². The van der Waals surface area contributed by atoms with Gasteiger partial charge in [0.05, 0.1) is 11.1 Å². The number of piperazine rings is 1. The van der Waals surface area contributed by atoms with E-state index < -0.39 is 15.8 Å². The standard InChI is InChI=1S/C23H30ClFN4O2S/c1-16(2)27-14-21(10-17-6-8-18(24)9-7-17)28-12-20(26)13-29(23(28)15-27)32(30,31)22-5-3-4-19(25)11-22/h3-9,11,16,20-21,23H,10,12-15,26H2,1-2H3. The van der Waals surface area contributed by atoms with Crippen LogP contribution in [0.3, 0.4) is 0 Å². The summed E-state index contributed by atoms with van der Waals surface area (Å²) in [7, 11) is -3.91. The largest absolute Gasteiger partial charge is 0.325 e. The summed E-state index contributed by atoms with van der Waals surface area (Å²) in [6.07, 6.45) is 0.397. The molecule has 0 amide bonds. The van der Waals surface area contributed by atoms with Gasteiger partial charge in [-0.25, -0.2) is 12.8 Å². The van der Waals surface area contributed by atoms with Gasteiger partial charge in [-0.05, 0) is 56.2 Å². The van der Waals surface area contributed by atoms with Crippen LogP contribution in [0.25, 0.3) is 0 Å². The van der Waals surface area contributed by atoms with E-state index in [1.54, 1.807) is 0 Å². The molecule has 4 rings (SSSR count). The number of nitrogens with zero attached hydrogens (tertiary/aromatic N) is 3. The molecule has 0 aliphatic carbocycles. The van der Waals surface area contributed by atoms with Crippen LogP contribution in [0.5, 0.6) is 0 Å². The summed E-state index contributed by atoms with van der Waals surface area (Å²) in [5.41, 5.74) is 7.49. The minimum absolute atomic E-state index is 0.0394. The molecule has 3 atom stereocenters. The fourth-order valence-electron chi connectivity index (χ4n) is 4.73. The number of hydrogen-bond donors (Lipinski definition) is 1. The fourth-order valence-corrected chi connectivity index (χ4v) is 6.54. The Morgan fingerprint density at radius 1 is 1.09 bits per heavy atom. The van der Waals surface area contributed by atoms with Gasteiger partial charge in [0, 0.05) is 49.3 Å². The summed E-state index contributed by atoms with van der Waals surface area (Å²) in [5, 5.41) is 0.687. The second kappa shape index (κ2) is 9.37. The van der Waals surface area contributed by atoms with Crippen LogP contribution in [0.2, 0.25) is 5.02 Å². The second-order valence-electron chi connectivity index (χ2n) is 9.00. The number of rotatable bonds is 5. The molecule has 174 valence electrons. The number of sulfonamides is 1. The van der Waals surface area contributed by atoms with Crippen molar-refractivity contribution in [3.8, 4) is 0 Å². The van der Waals surface area contributed by atoms with Crippen LogP contribution in [-0.4, -0.2) is 73.0 Å². The Morgan fingerprint density at radius 3 is 2.47 bits per heavy atom. The third-order valence-corrected chi connectivity index (χ3v) is 8.52. The lowest BCUT2D eigenvalue weighted by atomic mass is 9.98. The molecule has 0 bridgehead atoms. The number of nitrogens with two attached hydrogens (primary N) is 1. The molecule has 2 fully saturated rings. The highest BCUT2D eigenvalue weighted by molar-refractivity contribution is 7.89. The van der Waals surface area contributed by atoms with E-state index in [1.165, 1.54) is 22.5 Å². The Balaban J connectivity index is 1.69. The van der Waals surface area contributed by atoms with E-state index in [2.05, 4.69) is 23.6 Å². The number of halogens is 2. The number of fused-ring (bicyclic) bond motifs is 1. The van der Waals surface area contributed by atoms with Gasteiger partial charge < -0.3 is 5.73 Å². The lowest BCUT2D eigenvalue weighted by Crippen LogP contribution is -2.72.